The molecule has 0 spiro atoms. The lowest BCUT2D eigenvalue weighted by molar-refractivity contribution is 0.309. The lowest BCUT2D eigenvalue weighted by Crippen LogP contribution is -2.39. The molecule has 0 amide bonds. The zero-order valence-electron chi connectivity index (χ0n) is 15.8. The van der Waals surface area contributed by atoms with Crippen molar-refractivity contribution in [2.24, 2.45) is 12.0 Å². The van der Waals surface area contributed by atoms with E-state index in [4.69, 9.17) is 4.99 Å². The molecule has 0 radical (unpaired) electrons. The number of aliphatic imine (C=N–C) groups is 1. The van der Waals surface area contributed by atoms with Crippen LogP contribution in [-0.4, -0.2) is 54.6 Å². The number of nitrogens with zero attached hydrogens (tertiary/aromatic N) is 4. The summed E-state index contributed by atoms with van der Waals surface area (Å²) in [7, 11) is 8.39. The maximum absolute atomic E-state index is 4.89. The van der Waals surface area contributed by atoms with Crippen LogP contribution in [0.2, 0.25) is 0 Å². The van der Waals surface area contributed by atoms with Crippen molar-refractivity contribution in [3.05, 3.63) is 46.4 Å². The summed E-state index contributed by atoms with van der Waals surface area (Å²) in [4.78, 5) is 10.7. The van der Waals surface area contributed by atoms with Gasteiger partial charge in [-0.25, -0.2) is 0 Å². The van der Waals surface area contributed by atoms with Gasteiger partial charge in [0.2, 0.25) is 0 Å². The molecule has 0 aliphatic heterocycles. The number of nitrogens with one attached hydrogen (secondary N) is 1. The van der Waals surface area contributed by atoms with E-state index in [-0.39, 0.29) is 24.0 Å². The molecule has 2 aromatic rings. The fourth-order valence-electron chi connectivity index (χ4n) is 2.61. The first-order valence-corrected chi connectivity index (χ1v) is 9.20. The number of hydrogen-bond acceptors (Lipinski definition) is 3. The van der Waals surface area contributed by atoms with Gasteiger partial charge >= 0.3 is 0 Å². The van der Waals surface area contributed by atoms with Gasteiger partial charge in [-0.1, -0.05) is 6.07 Å². The van der Waals surface area contributed by atoms with Gasteiger partial charge in [-0.05, 0) is 44.6 Å². The Morgan fingerprint density at radius 2 is 2.04 bits per heavy atom. The Balaban J connectivity index is 0.00000312. The predicted octanol–water partition coefficient (Wildman–Crippen LogP) is 3.40. The summed E-state index contributed by atoms with van der Waals surface area (Å²) in [5, 5.41) is 5.53. The van der Waals surface area contributed by atoms with Gasteiger partial charge in [-0.2, -0.15) is 0 Å². The Morgan fingerprint density at radius 3 is 2.56 bits per heavy atom. The Bertz CT molecular complexity index is 636. The van der Waals surface area contributed by atoms with Crippen LogP contribution in [0, 0.1) is 0 Å². The topological polar surface area (TPSA) is 35.8 Å². The second kappa shape index (κ2) is 10.8. The van der Waals surface area contributed by atoms with E-state index in [0.717, 1.165) is 25.6 Å². The minimum absolute atomic E-state index is 0. The molecule has 1 unspecified atom stereocenters. The third kappa shape index (κ3) is 6.31. The van der Waals surface area contributed by atoms with Crippen molar-refractivity contribution in [3.8, 4) is 0 Å². The number of hydrogen-bond donors (Lipinski definition) is 1. The number of thiophene rings is 1. The molecule has 0 saturated carbocycles. The fourth-order valence-corrected chi connectivity index (χ4v) is 3.52. The van der Waals surface area contributed by atoms with E-state index in [1.165, 1.54) is 10.6 Å². The molecule has 0 fully saturated rings. The summed E-state index contributed by atoms with van der Waals surface area (Å²) < 4.78 is 2.15. The van der Waals surface area contributed by atoms with Crippen LogP contribution in [0.25, 0.3) is 0 Å². The second-order valence-electron chi connectivity index (χ2n) is 6.16. The van der Waals surface area contributed by atoms with Crippen molar-refractivity contribution in [3.63, 3.8) is 0 Å². The van der Waals surface area contributed by atoms with Crippen LogP contribution in [-0.2, 0) is 13.6 Å². The number of aromatic nitrogens is 1. The van der Waals surface area contributed by atoms with Gasteiger partial charge < -0.3 is 19.7 Å². The summed E-state index contributed by atoms with van der Waals surface area (Å²) in [6.07, 6.45) is 2.08. The number of rotatable bonds is 7. The number of guanidine groups is 1. The van der Waals surface area contributed by atoms with Crippen LogP contribution in [0.4, 0.5) is 0 Å². The van der Waals surface area contributed by atoms with Crippen molar-refractivity contribution >= 4 is 41.3 Å². The van der Waals surface area contributed by atoms with Crippen molar-refractivity contribution in [1.82, 2.24) is 19.7 Å². The van der Waals surface area contributed by atoms with E-state index < -0.39 is 0 Å². The highest BCUT2D eigenvalue weighted by molar-refractivity contribution is 14.0. The molecule has 0 saturated heterocycles. The SMILES string of the molecule is CCNC(=NCC(c1cccs1)N(C)C)N(C)Cc1cccn1C.I. The number of halogens is 1. The Kier molecular flexibility index (Phi) is 9.52. The van der Waals surface area contributed by atoms with E-state index in [9.17, 15) is 0 Å². The molecular weight excluding hydrogens is 445 g/mol. The summed E-state index contributed by atoms with van der Waals surface area (Å²) in [5.41, 5.74) is 1.27. The minimum Gasteiger partial charge on any atom is -0.357 e. The zero-order valence-corrected chi connectivity index (χ0v) is 18.9. The minimum atomic E-state index is 0. The van der Waals surface area contributed by atoms with Gasteiger partial charge in [0.25, 0.3) is 0 Å². The van der Waals surface area contributed by atoms with Gasteiger partial charge in [0, 0.05) is 37.4 Å². The first kappa shape index (κ1) is 22.0. The number of aryl methyl sites for hydroxylation is 1. The smallest absolute Gasteiger partial charge is 0.194 e. The molecule has 25 heavy (non-hydrogen) atoms. The highest BCUT2D eigenvalue weighted by atomic mass is 127. The summed E-state index contributed by atoms with van der Waals surface area (Å²) in [6, 6.07) is 8.82. The lowest BCUT2D eigenvalue weighted by atomic mass is 10.2. The third-order valence-corrected chi connectivity index (χ3v) is 5.03. The molecule has 140 valence electrons. The van der Waals surface area contributed by atoms with E-state index in [1.807, 2.05) is 0 Å². The van der Waals surface area contributed by atoms with Crippen LogP contribution >= 0.6 is 35.3 Å². The summed E-state index contributed by atoms with van der Waals surface area (Å²) in [5.74, 6) is 0.946. The van der Waals surface area contributed by atoms with Crippen LogP contribution < -0.4 is 5.32 Å². The molecule has 0 aromatic carbocycles. The van der Waals surface area contributed by atoms with Crippen LogP contribution in [0.15, 0.2) is 40.8 Å². The number of likely N-dealkylation sites (N-methyl/N-ethyl adjacent to an activating group) is 1. The molecule has 7 heteroatoms. The molecule has 1 N–H and O–H groups in total. The molecular formula is C18H30IN5S. The first-order valence-electron chi connectivity index (χ1n) is 8.32. The molecule has 2 rings (SSSR count). The molecule has 2 heterocycles. The van der Waals surface area contributed by atoms with Crippen molar-refractivity contribution in [2.45, 2.75) is 19.5 Å². The van der Waals surface area contributed by atoms with E-state index in [0.29, 0.717) is 6.04 Å². The van der Waals surface area contributed by atoms with Gasteiger partial charge in [-0.3, -0.25) is 4.99 Å². The lowest BCUT2D eigenvalue weighted by Gasteiger charge is -2.25. The highest BCUT2D eigenvalue weighted by Crippen LogP contribution is 2.23. The summed E-state index contributed by atoms with van der Waals surface area (Å²) in [6.45, 7) is 4.55. The summed E-state index contributed by atoms with van der Waals surface area (Å²) >= 11 is 1.79. The van der Waals surface area contributed by atoms with Gasteiger partial charge in [-0.15, -0.1) is 35.3 Å². The van der Waals surface area contributed by atoms with Crippen LogP contribution in [0.1, 0.15) is 23.5 Å². The van der Waals surface area contributed by atoms with Gasteiger partial charge in [0.15, 0.2) is 5.96 Å². The van der Waals surface area contributed by atoms with Gasteiger partial charge in [0.1, 0.15) is 0 Å². The Morgan fingerprint density at radius 1 is 1.28 bits per heavy atom. The Labute approximate surface area is 172 Å². The van der Waals surface area contributed by atoms with Crippen molar-refractivity contribution in [2.75, 3.05) is 34.2 Å². The van der Waals surface area contributed by atoms with E-state index in [1.54, 1.807) is 11.3 Å². The van der Waals surface area contributed by atoms with Crippen molar-refractivity contribution in [1.29, 1.82) is 0 Å². The van der Waals surface area contributed by atoms with Crippen LogP contribution in [0.5, 0.6) is 0 Å². The average molecular weight is 475 g/mol. The maximum Gasteiger partial charge on any atom is 0.194 e. The van der Waals surface area contributed by atoms with Crippen molar-refractivity contribution < 1.29 is 0 Å². The average Bonchev–Trinajstić information content (AvgIpc) is 3.19. The largest absolute Gasteiger partial charge is 0.357 e. The maximum atomic E-state index is 4.89. The van der Waals surface area contributed by atoms with E-state index in [2.05, 4.69) is 90.6 Å². The first-order chi connectivity index (χ1) is 11.5. The molecule has 0 aliphatic rings. The molecule has 1 atom stereocenters. The monoisotopic (exact) mass is 475 g/mol. The fraction of sp³-hybridized carbons (Fsp3) is 0.500. The molecule has 0 bridgehead atoms. The third-order valence-electron chi connectivity index (χ3n) is 4.06. The Hall–Kier alpha value is -1.06. The molecule has 2 aromatic heterocycles. The quantitative estimate of drug-likeness (QED) is 0.379. The van der Waals surface area contributed by atoms with E-state index >= 15 is 0 Å². The van der Waals surface area contributed by atoms with Gasteiger partial charge in [0.05, 0.1) is 19.1 Å². The zero-order chi connectivity index (χ0) is 17.5. The molecule has 0 aliphatic carbocycles. The normalized spacial score (nSPS) is 12.8. The molecule has 5 nitrogen and oxygen atoms in total. The second-order valence-corrected chi connectivity index (χ2v) is 7.14. The predicted molar refractivity (Wildman–Crippen MR) is 119 cm³/mol. The standard InChI is InChI=1S/C18H29N5S.HI/c1-6-19-18(23(5)14-15-9-7-11-22(15)4)20-13-16(21(2)3)17-10-8-12-24-17;/h7-12,16H,6,13-14H2,1-5H3,(H,19,20);1H. The van der Waals surface area contributed by atoms with Crippen LogP contribution in [0.3, 0.4) is 0 Å². The highest BCUT2D eigenvalue weighted by Gasteiger charge is 2.16.